The van der Waals surface area contributed by atoms with E-state index in [2.05, 4.69) is 27.3 Å². The van der Waals surface area contributed by atoms with Gasteiger partial charge in [-0.1, -0.05) is 54.6 Å². The van der Waals surface area contributed by atoms with Crippen LogP contribution in [0.15, 0.2) is 66.7 Å². The lowest BCUT2D eigenvalue weighted by molar-refractivity contribution is 0.0927. The van der Waals surface area contributed by atoms with Crippen molar-refractivity contribution in [1.29, 1.82) is 0 Å². The van der Waals surface area contributed by atoms with Crippen LogP contribution in [0, 0.1) is 0 Å². The fourth-order valence-corrected chi connectivity index (χ4v) is 3.75. The molecule has 1 amide bonds. The number of likely N-dealkylation sites (tertiary alicyclic amines) is 1. The predicted molar refractivity (Wildman–Crippen MR) is 109 cm³/mol. The van der Waals surface area contributed by atoms with Gasteiger partial charge in [0, 0.05) is 11.9 Å². The Bertz CT molecular complexity index is 904. The predicted octanol–water partition coefficient (Wildman–Crippen LogP) is 4.19. The highest BCUT2D eigenvalue weighted by molar-refractivity contribution is 5.95. The molecule has 27 heavy (non-hydrogen) atoms. The summed E-state index contributed by atoms with van der Waals surface area (Å²) in [5.41, 5.74) is 2.46. The van der Waals surface area contributed by atoms with Gasteiger partial charge in [-0.05, 0) is 50.0 Å². The molecule has 1 atom stereocenters. The summed E-state index contributed by atoms with van der Waals surface area (Å²) in [4.78, 5) is 19.9. The van der Waals surface area contributed by atoms with Crippen LogP contribution in [0.2, 0.25) is 0 Å². The van der Waals surface area contributed by atoms with Crippen molar-refractivity contribution < 1.29 is 4.79 Å². The van der Waals surface area contributed by atoms with E-state index in [-0.39, 0.29) is 11.9 Å². The Morgan fingerprint density at radius 3 is 2.52 bits per heavy atom. The maximum Gasteiger partial charge on any atom is 0.270 e. The van der Waals surface area contributed by atoms with E-state index in [4.69, 9.17) is 0 Å². The number of carbonyl (C=O) groups excluding carboxylic acids is 1. The summed E-state index contributed by atoms with van der Waals surface area (Å²) in [5.74, 6) is -0.115. The van der Waals surface area contributed by atoms with Crippen molar-refractivity contribution in [2.45, 2.75) is 25.3 Å². The van der Waals surface area contributed by atoms with E-state index in [1.54, 1.807) is 6.07 Å². The summed E-state index contributed by atoms with van der Waals surface area (Å²) in [6.07, 6.45) is 3.47. The average molecular weight is 359 g/mol. The number of pyridine rings is 1. The Kier molecular flexibility index (Phi) is 5.45. The van der Waals surface area contributed by atoms with E-state index >= 15 is 0 Å². The topological polar surface area (TPSA) is 45.2 Å². The van der Waals surface area contributed by atoms with Gasteiger partial charge < -0.3 is 10.2 Å². The van der Waals surface area contributed by atoms with Crippen LogP contribution in [0.1, 0.15) is 41.4 Å². The second-order valence-corrected chi connectivity index (χ2v) is 7.16. The maximum absolute atomic E-state index is 12.9. The van der Waals surface area contributed by atoms with E-state index in [9.17, 15) is 4.79 Å². The number of hydrogen-bond donors (Lipinski definition) is 1. The minimum atomic E-state index is -0.115. The molecule has 0 spiro atoms. The van der Waals surface area contributed by atoms with Crippen LogP contribution in [0.4, 0.5) is 0 Å². The molecule has 1 aromatic heterocycles. The summed E-state index contributed by atoms with van der Waals surface area (Å²) in [6, 6.07) is 21.9. The maximum atomic E-state index is 12.9. The zero-order chi connectivity index (χ0) is 18.5. The Labute approximate surface area is 160 Å². The molecular formula is C23H25N3O. The van der Waals surface area contributed by atoms with Crippen molar-refractivity contribution >= 4 is 16.8 Å². The molecule has 1 aliphatic heterocycles. The third-order valence-electron chi connectivity index (χ3n) is 5.27. The number of rotatable bonds is 6. The number of nitrogens with zero attached hydrogens (tertiary/aromatic N) is 2. The van der Waals surface area contributed by atoms with E-state index in [1.165, 1.54) is 25.9 Å². The number of fused-ring (bicyclic) bond motifs is 1. The first-order valence-corrected chi connectivity index (χ1v) is 9.73. The standard InChI is InChI=1S/C23H25N3O/c27-23(22-13-12-19-10-4-5-11-20(19)24-22)25-21(18-8-2-1-3-9-18)14-17-26-15-6-7-16-26/h1-5,8-13,21H,6-7,14-17H2,(H,25,27). The van der Waals surface area contributed by atoms with Gasteiger partial charge >= 0.3 is 0 Å². The molecule has 3 aromatic rings. The Hall–Kier alpha value is -2.72. The molecule has 0 aliphatic carbocycles. The molecule has 2 heterocycles. The number of para-hydroxylation sites is 1. The van der Waals surface area contributed by atoms with Gasteiger partial charge in [-0.3, -0.25) is 4.79 Å². The highest BCUT2D eigenvalue weighted by Gasteiger charge is 2.19. The van der Waals surface area contributed by atoms with Gasteiger partial charge in [0.1, 0.15) is 5.69 Å². The van der Waals surface area contributed by atoms with E-state index in [1.807, 2.05) is 48.5 Å². The number of aromatic nitrogens is 1. The molecule has 1 saturated heterocycles. The normalized spacial score (nSPS) is 15.7. The molecule has 0 bridgehead atoms. The molecule has 4 rings (SSSR count). The highest BCUT2D eigenvalue weighted by Crippen LogP contribution is 2.20. The molecule has 138 valence electrons. The average Bonchev–Trinajstić information content (AvgIpc) is 3.25. The fraction of sp³-hybridized carbons (Fsp3) is 0.304. The van der Waals surface area contributed by atoms with Crippen molar-refractivity contribution in [3.63, 3.8) is 0 Å². The molecule has 0 saturated carbocycles. The van der Waals surface area contributed by atoms with Crippen LogP contribution in [0.25, 0.3) is 10.9 Å². The molecule has 4 nitrogen and oxygen atoms in total. The van der Waals surface area contributed by atoms with Gasteiger partial charge in [0.2, 0.25) is 0 Å². The number of amides is 1. The van der Waals surface area contributed by atoms with Crippen LogP contribution < -0.4 is 5.32 Å². The van der Waals surface area contributed by atoms with Crippen LogP contribution >= 0.6 is 0 Å². The van der Waals surface area contributed by atoms with Crippen molar-refractivity contribution in [1.82, 2.24) is 15.2 Å². The van der Waals surface area contributed by atoms with Gasteiger partial charge in [-0.25, -0.2) is 4.98 Å². The van der Waals surface area contributed by atoms with E-state index in [0.717, 1.165) is 29.4 Å². The first kappa shape index (κ1) is 17.7. The van der Waals surface area contributed by atoms with Crippen LogP contribution in [-0.4, -0.2) is 35.4 Å². The second kappa shape index (κ2) is 8.31. The van der Waals surface area contributed by atoms with Gasteiger partial charge in [0.05, 0.1) is 11.6 Å². The number of carbonyl (C=O) groups is 1. The molecule has 4 heteroatoms. The van der Waals surface area contributed by atoms with Crippen molar-refractivity contribution in [2.75, 3.05) is 19.6 Å². The zero-order valence-electron chi connectivity index (χ0n) is 15.5. The van der Waals surface area contributed by atoms with E-state index in [0.29, 0.717) is 5.69 Å². The molecule has 1 aliphatic rings. The van der Waals surface area contributed by atoms with Crippen molar-refractivity contribution in [2.24, 2.45) is 0 Å². The smallest absolute Gasteiger partial charge is 0.270 e. The third-order valence-corrected chi connectivity index (χ3v) is 5.27. The lowest BCUT2D eigenvalue weighted by atomic mass is 10.0. The first-order valence-electron chi connectivity index (χ1n) is 9.73. The Morgan fingerprint density at radius 2 is 1.70 bits per heavy atom. The quantitative estimate of drug-likeness (QED) is 0.718. The van der Waals surface area contributed by atoms with Gasteiger partial charge in [-0.15, -0.1) is 0 Å². The summed E-state index contributed by atoms with van der Waals surface area (Å²) in [6.45, 7) is 3.34. The molecule has 1 unspecified atom stereocenters. The lowest BCUT2D eigenvalue weighted by Crippen LogP contribution is -2.32. The number of hydrogen-bond acceptors (Lipinski definition) is 3. The second-order valence-electron chi connectivity index (χ2n) is 7.16. The van der Waals surface area contributed by atoms with Gasteiger partial charge in [0.15, 0.2) is 0 Å². The van der Waals surface area contributed by atoms with Gasteiger partial charge in [0.25, 0.3) is 5.91 Å². The van der Waals surface area contributed by atoms with Crippen LogP contribution in [-0.2, 0) is 0 Å². The first-order chi connectivity index (χ1) is 13.3. The lowest BCUT2D eigenvalue weighted by Gasteiger charge is -2.22. The fourth-order valence-electron chi connectivity index (χ4n) is 3.75. The van der Waals surface area contributed by atoms with E-state index < -0.39 is 0 Å². The summed E-state index contributed by atoms with van der Waals surface area (Å²) < 4.78 is 0. The third kappa shape index (κ3) is 4.34. The monoisotopic (exact) mass is 359 g/mol. The molecule has 1 N–H and O–H groups in total. The summed E-state index contributed by atoms with van der Waals surface area (Å²) in [7, 11) is 0. The molecular weight excluding hydrogens is 334 g/mol. The summed E-state index contributed by atoms with van der Waals surface area (Å²) in [5, 5.41) is 4.25. The minimum absolute atomic E-state index is 0.00688. The van der Waals surface area contributed by atoms with Crippen molar-refractivity contribution in [3.8, 4) is 0 Å². The van der Waals surface area contributed by atoms with Crippen LogP contribution in [0.3, 0.4) is 0 Å². The summed E-state index contributed by atoms with van der Waals surface area (Å²) >= 11 is 0. The molecule has 0 radical (unpaired) electrons. The van der Waals surface area contributed by atoms with Crippen LogP contribution in [0.5, 0.6) is 0 Å². The SMILES string of the molecule is O=C(NC(CCN1CCCC1)c1ccccc1)c1ccc2ccccc2n1. The molecule has 2 aromatic carbocycles. The Morgan fingerprint density at radius 1 is 0.963 bits per heavy atom. The zero-order valence-corrected chi connectivity index (χ0v) is 15.5. The number of benzene rings is 2. The highest BCUT2D eigenvalue weighted by atomic mass is 16.1. The number of nitrogens with one attached hydrogen (secondary N) is 1. The van der Waals surface area contributed by atoms with Crippen molar-refractivity contribution in [3.05, 3.63) is 78.0 Å². The largest absolute Gasteiger partial charge is 0.344 e. The minimum Gasteiger partial charge on any atom is -0.344 e. The molecule has 1 fully saturated rings. The Balaban J connectivity index is 1.51. The van der Waals surface area contributed by atoms with Gasteiger partial charge in [-0.2, -0.15) is 0 Å².